The van der Waals surface area contributed by atoms with Gasteiger partial charge in [-0.25, -0.2) is 4.68 Å². The van der Waals surface area contributed by atoms with Gasteiger partial charge in [0.2, 0.25) is 0 Å². The Hall–Kier alpha value is -0.900. The van der Waals surface area contributed by atoms with Crippen molar-refractivity contribution in [3.63, 3.8) is 0 Å². The van der Waals surface area contributed by atoms with Crippen molar-refractivity contribution in [2.45, 2.75) is 65.1 Å². The fourth-order valence-electron chi connectivity index (χ4n) is 2.13. The second kappa shape index (κ2) is 4.77. The van der Waals surface area contributed by atoms with Crippen LogP contribution in [0.4, 0.5) is 0 Å². The largest absolute Gasteiger partial charge is 0.308 e. The van der Waals surface area contributed by atoms with E-state index >= 15 is 0 Å². The van der Waals surface area contributed by atoms with Crippen molar-refractivity contribution < 1.29 is 0 Å². The van der Waals surface area contributed by atoms with Gasteiger partial charge in [0, 0.05) is 12.6 Å². The van der Waals surface area contributed by atoms with E-state index in [1.807, 2.05) is 10.9 Å². The van der Waals surface area contributed by atoms with Crippen LogP contribution in [-0.2, 0) is 12.1 Å². The molecule has 1 fully saturated rings. The van der Waals surface area contributed by atoms with Crippen LogP contribution in [0.1, 0.15) is 52.7 Å². The minimum absolute atomic E-state index is 0.0234. The summed E-state index contributed by atoms with van der Waals surface area (Å²) < 4.78 is 1.93. The van der Waals surface area contributed by atoms with E-state index in [4.69, 9.17) is 0 Å². The molecule has 0 aromatic carbocycles. The summed E-state index contributed by atoms with van der Waals surface area (Å²) in [4.78, 5) is 0. The van der Waals surface area contributed by atoms with Crippen LogP contribution in [0, 0.1) is 5.92 Å². The minimum Gasteiger partial charge on any atom is -0.308 e. The first kappa shape index (κ1) is 12.6. The van der Waals surface area contributed by atoms with Crippen LogP contribution in [0.5, 0.6) is 0 Å². The molecule has 1 aliphatic carbocycles. The van der Waals surface area contributed by atoms with Gasteiger partial charge in [-0.05, 0) is 39.5 Å². The summed E-state index contributed by atoms with van der Waals surface area (Å²) in [6.45, 7) is 9.51. The van der Waals surface area contributed by atoms with Gasteiger partial charge in [0.05, 0.1) is 17.4 Å². The topological polar surface area (TPSA) is 42.7 Å². The molecule has 0 aliphatic heterocycles. The fraction of sp³-hybridized carbons (Fsp3) is 0.846. The number of aromatic nitrogens is 3. The van der Waals surface area contributed by atoms with Crippen molar-refractivity contribution >= 4 is 0 Å². The third kappa shape index (κ3) is 3.28. The fourth-order valence-corrected chi connectivity index (χ4v) is 2.13. The Morgan fingerprint density at radius 1 is 1.47 bits per heavy atom. The highest BCUT2D eigenvalue weighted by atomic mass is 15.4. The van der Waals surface area contributed by atoms with Crippen molar-refractivity contribution in [1.29, 1.82) is 0 Å². The summed E-state index contributed by atoms with van der Waals surface area (Å²) in [6.07, 6.45) is 6.03. The lowest BCUT2D eigenvalue weighted by Gasteiger charge is -2.17. The number of hydrogen-bond acceptors (Lipinski definition) is 3. The average Bonchev–Trinajstić information content (AvgIpc) is 2.78. The highest BCUT2D eigenvalue weighted by molar-refractivity contribution is 4.98. The molecule has 1 saturated carbocycles. The van der Waals surface area contributed by atoms with E-state index in [1.54, 1.807) is 0 Å². The van der Waals surface area contributed by atoms with Crippen LogP contribution in [0.2, 0.25) is 0 Å². The van der Waals surface area contributed by atoms with Crippen molar-refractivity contribution in [3.8, 4) is 0 Å². The minimum atomic E-state index is 0.0234. The number of nitrogens with zero attached hydrogens (tertiary/aromatic N) is 3. The number of rotatable bonds is 5. The summed E-state index contributed by atoms with van der Waals surface area (Å²) in [6, 6.07) is 0.717. The molecular formula is C13H24N4. The highest BCUT2D eigenvalue weighted by Crippen LogP contribution is 2.34. The predicted molar refractivity (Wildman–Crippen MR) is 68.7 cm³/mol. The van der Waals surface area contributed by atoms with Gasteiger partial charge in [-0.3, -0.25) is 0 Å². The molecule has 2 rings (SSSR count). The van der Waals surface area contributed by atoms with Gasteiger partial charge in [-0.2, -0.15) is 0 Å². The van der Waals surface area contributed by atoms with E-state index < -0.39 is 0 Å². The molecule has 0 radical (unpaired) electrons. The highest BCUT2D eigenvalue weighted by Gasteiger charge is 2.35. The van der Waals surface area contributed by atoms with E-state index in [0.29, 0.717) is 0 Å². The first-order valence-corrected chi connectivity index (χ1v) is 6.66. The van der Waals surface area contributed by atoms with E-state index in [2.05, 4.69) is 43.3 Å². The summed E-state index contributed by atoms with van der Waals surface area (Å²) >= 11 is 0. The Balaban J connectivity index is 1.79. The second-order valence-corrected chi connectivity index (χ2v) is 6.10. The van der Waals surface area contributed by atoms with Gasteiger partial charge in [-0.1, -0.05) is 18.6 Å². The third-order valence-electron chi connectivity index (χ3n) is 3.36. The van der Waals surface area contributed by atoms with Gasteiger partial charge < -0.3 is 5.32 Å². The molecule has 1 aromatic rings. The molecule has 2 atom stereocenters. The van der Waals surface area contributed by atoms with Crippen LogP contribution >= 0.6 is 0 Å². The van der Waals surface area contributed by atoms with Crippen LogP contribution in [0.25, 0.3) is 0 Å². The van der Waals surface area contributed by atoms with E-state index in [-0.39, 0.29) is 5.54 Å². The van der Waals surface area contributed by atoms with Gasteiger partial charge in [0.15, 0.2) is 0 Å². The molecular weight excluding hydrogens is 212 g/mol. The molecule has 4 nitrogen and oxygen atoms in total. The van der Waals surface area contributed by atoms with Gasteiger partial charge in [0.25, 0.3) is 0 Å². The number of hydrogen-bond donors (Lipinski definition) is 1. The van der Waals surface area contributed by atoms with Crippen molar-refractivity contribution in [1.82, 2.24) is 20.3 Å². The molecule has 17 heavy (non-hydrogen) atoms. The summed E-state index contributed by atoms with van der Waals surface area (Å²) in [5.41, 5.74) is 1.07. The van der Waals surface area contributed by atoms with Crippen LogP contribution in [0.15, 0.2) is 6.20 Å². The maximum atomic E-state index is 4.20. The Morgan fingerprint density at radius 2 is 2.24 bits per heavy atom. The molecule has 1 aliphatic rings. The maximum absolute atomic E-state index is 4.20. The molecule has 0 bridgehead atoms. The Labute approximate surface area is 104 Å². The van der Waals surface area contributed by atoms with Crippen molar-refractivity contribution in [2.24, 2.45) is 5.92 Å². The molecule has 0 saturated heterocycles. The zero-order valence-corrected chi connectivity index (χ0v) is 11.4. The van der Waals surface area contributed by atoms with Crippen LogP contribution < -0.4 is 5.32 Å². The first-order valence-electron chi connectivity index (χ1n) is 6.66. The lowest BCUT2D eigenvalue weighted by molar-refractivity contribution is 0.347. The standard InChI is InChI=1S/C13H24N4/c1-5-6-10-7-12(10)14-8-11-9-17(16-15-11)13(2,3)4/h9-10,12,14H,5-8H2,1-4H3. The molecule has 1 heterocycles. The molecule has 1 N–H and O–H groups in total. The third-order valence-corrected chi connectivity index (χ3v) is 3.36. The van der Waals surface area contributed by atoms with E-state index in [1.165, 1.54) is 19.3 Å². The van der Waals surface area contributed by atoms with Crippen molar-refractivity contribution in [2.75, 3.05) is 0 Å². The summed E-state index contributed by atoms with van der Waals surface area (Å²) in [5, 5.41) is 11.9. The Bertz CT molecular complexity index is 364. The van der Waals surface area contributed by atoms with Gasteiger partial charge in [0.1, 0.15) is 0 Å². The lowest BCUT2D eigenvalue weighted by atomic mass is 10.1. The normalized spacial score (nSPS) is 24.0. The van der Waals surface area contributed by atoms with Crippen LogP contribution in [0.3, 0.4) is 0 Å². The van der Waals surface area contributed by atoms with E-state index in [0.717, 1.165) is 24.2 Å². The predicted octanol–water partition coefficient (Wildman–Crippen LogP) is 2.31. The molecule has 0 amide bonds. The lowest BCUT2D eigenvalue weighted by Crippen LogP contribution is -2.22. The van der Waals surface area contributed by atoms with Crippen LogP contribution in [-0.4, -0.2) is 21.0 Å². The smallest absolute Gasteiger partial charge is 0.0965 e. The summed E-state index contributed by atoms with van der Waals surface area (Å²) in [5.74, 6) is 0.901. The zero-order chi connectivity index (χ0) is 12.5. The quantitative estimate of drug-likeness (QED) is 0.853. The maximum Gasteiger partial charge on any atom is 0.0965 e. The van der Waals surface area contributed by atoms with E-state index in [9.17, 15) is 0 Å². The van der Waals surface area contributed by atoms with Gasteiger partial charge >= 0.3 is 0 Å². The monoisotopic (exact) mass is 236 g/mol. The molecule has 4 heteroatoms. The number of nitrogens with one attached hydrogen (secondary N) is 1. The molecule has 2 unspecified atom stereocenters. The SMILES string of the molecule is CCCC1CC1NCc1cn(C(C)(C)C)nn1. The molecule has 0 spiro atoms. The first-order chi connectivity index (χ1) is 8.00. The molecule has 96 valence electrons. The Morgan fingerprint density at radius 3 is 2.82 bits per heavy atom. The Kier molecular flexibility index (Phi) is 3.52. The summed E-state index contributed by atoms with van der Waals surface area (Å²) in [7, 11) is 0. The second-order valence-electron chi connectivity index (χ2n) is 6.10. The molecule has 1 aromatic heterocycles. The van der Waals surface area contributed by atoms with Gasteiger partial charge in [-0.15, -0.1) is 5.10 Å². The zero-order valence-electron chi connectivity index (χ0n) is 11.4. The van der Waals surface area contributed by atoms with Crippen molar-refractivity contribution in [3.05, 3.63) is 11.9 Å². The average molecular weight is 236 g/mol.